The van der Waals surface area contributed by atoms with Crippen molar-refractivity contribution in [3.8, 4) is 0 Å². The standard InChI is InChI=1S/C17H20O/c1-17(2,13-14-9-5-3-6-10-14)16(18)15-11-7-4-8-12-15/h3-12,16,18H,13H2,1-2H3/t16-/m0/s1. The van der Waals surface area contributed by atoms with Crippen LogP contribution in [-0.2, 0) is 6.42 Å². The summed E-state index contributed by atoms with van der Waals surface area (Å²) in [6.45, 7) is 4.22. The van der Waals surface area contributed by atoms with Gasteiger partial charge in [0.25, 0.3) is 0 Å². The average Bonchev–Trinajstić information content (AvgIpc) is 2.39. The minimum atomic E-state index is -0.445. The van der Waals surface area contributed by atoms with Gasteiger partial charge in [0, 0.05) is 0 Å². The second-order valence-electron chi connectivity index (χ2n) is 5.46. The number of hydrogen-bond donors (Lipinski definition) is 1. The third kappa shape index (κ3) is 2.99. The monoisotopic (exact) mass is 240 g/mol. The first kappa shape index (κ1) is 12.8. The number of benzene rings is 2. The van der Waals surface area contributed by atoms with E-state index in [0.29, 0.717) is 0 Å². The summed E-state index contributed by atoms with van der Waals surface area (Å²) in [4.78, 5) is 0. The van der Waals surface area contributed by atoms with E-state index in [0.717, 1.165) is 12.0 Å². The van der Waals surface area contributed by atoms with E-state index in [4.69, 9.17) is 0 Å². The van der Waals surface area contributed by atoms with Gasteiger partial charge in [-0.15, -0.1) is 0 Å². The van der Waals surface area contributed by atoms with Crippen LogP contribution in [0.25, 0.3) is 0 Å². The molecule has 0 unspecified atom stereocenters. The van der Waals surface area contributed by atoms with Crippen molar-refractivity contribution in [2.75, 3.05) is 0 Å². The molecule has 0 radical (unpaired) electrons. The molecule has 0 bridgehead atoms. The lowest BCUT2D eigenvalue weighted by Crippen LogP contribution is -2.24. The molecule has 0 fully saturated rings. The quantitative estimate of drug-likeness (QED) is 0.856. The summed E-state index contributed by atoms with van der Waals surface area (Å²) >= 11 is 0. The lowest BCUT2D eigenvalue weighted by Gasteiger charge is -2.31. The van der Waals surface area contributed by atoms with E-state index in [2.05, 4.69) is 26.0 Å². The van der Waals surface area contributed by atoms with Crippen LogP contribution in [0.2, 0.25) is 0 Å². The molecule has 0 amide bonds. The Morgan fingerprint density at radius 3 is 1.94 bits per heavy atom. The molecule has 94 valence electrons. The van der Waals surface area contributed by atoms with Crippen LogP contribution in [-0.4, -0.2) is 5.11 Å². The summed E-state index contributed by atoms with van der Waals surface area (Å²) in [6.07, 6.45) is 0.420. The van der Waals surface area contributed by atoms with Crippen LogP contribution >= 0.6 is 0 Å². The maximum Gasteiger partial charge on any atom is 0.0844 e. The number of aliphatic hydroxyl groups excluding tert-OH is 1. The summed E-state index contributed by atoms with van der Waals surface area (Å²) in [5.41, 5.74) is 2.07. The zero-order valence-electron chi connectivity index (χ0n) is 11.0. The molecular weight excluding hydrogens is 220 g/mol. The molecule has 0 aliphatic carbocycles. The Kier molecular flexibility index (Phi) is 3.83. The highest BCUT2D eigenvalue weighted by molar-refractivity contribution is 5.22. The second kappa shape index (κ2) is 5.36. The fraction of sp³-hybridized carbons (Fsp3) is 0.294. The number of rotatable bonds is 4. The van der Waals surface area contributed by atoms with Crippen molar-refractivity contribution in [1.82, 2.24) is 0 Å². The third-order valence-corrected chi connectivity index (χ3v) is 3.36. The molecule has 0 saturated heterocycles. The Morgan fingerprint density at radius 1 is 0.889 bits per heavy atom. The Bertz CT molecular complexity index is 473. The first-order chi connectivity index (χ1) is 8.59. The fourth-order valence-corrected chi connectivity index (χ4v) is 2.31. The van der Waals surface area contributed by atoms with Crippen LogP contribution in [0, 0.1) is 5.41 Å². The Hall–Kier alpha value is -1.60. The molecule has 0 spiro atoms. The highest BCUT2D eigenvalue weighted by Crippen LogP contribution is 2.36. The van der Waals surface area contributed by atoms with Gasteiger partial charge in [0.15, 0.2) is 0 Å². The van der Waals surface area contributed by atoms with Crippen LogP contribution < -0.4 is 0 Å². The molecule has 1 N–H and O–H groups in total. The first-order valence-electron chi connectivity index (χ1n) is 6.36. The van der Waals surface area contributed by atoms with Gasteiger partial charge in [-0.1, -0.05) is 74.5 Å². The maximum absolute atomic E-state index is 10.5. The summed E-state index contributed by atoms with van der Waals surface area (Å²) in [5, 5.41) is 10.5. The average molecular weight is 240 g/mol. The van der Waals surface area contributed by atoms with Gasteiger partial charge in [0.1, 0.15) is 0 Å². The van der Waals surface area contributed by atoms with Crippen molar-refractivity contribution in [1.29, 1.82) is 0 Å². The van der Waals surface area contributed by atoms with Crippen LogP contribution in [0.15, 0.2) is 60.7 Å². The maximum atomic E-state index is 10.5. The topological polar surface area (TPSA) is 20.2 Å². The van der Waals surface area contributed by atoms with Gasteiger partial charge >= 0.3 is 0 Å². The van der Waals surface area contributed by atoms with Crippen molar-refractivity contribution in [2.45, 2.75) is 26.4 Å². The van der Waals surface area contributed by atoms with Gasteiger partial charge in [0.2, 0.25) is 0 Å². The van der Waals surface area contributed by atoms with Crippen LogP contribution in [0.3, 0.4) is 0 Å². The van der Waals surface area contributed by atoms with Gasteiger partial charge in [-0.05, 0) is 23.0 Å². The minimum Gasteiger partial charge on any atom is -0.388 e. The highest BCUT2D eigenvalue weighted by atomic mass is 16.3. The zero-order valence-corrected chi connectivity index (χ0v) is 11.0. The lowest BCUT2D eigenvalue weighted by molar-refractivity contribution is 0.0495. The molecule has 2 aromatic rings. The molecule has 2 aromatic carbocycles. The van der Waals surface area contributed by atoms with Crippen molar-refractivity contribution >= 4 is 0 Å². The van der Waals surface area contributed by atoms with Crippen LogP contribution in [0.4, 0.5) is 0 Å². The van der Waals surface area contributed by atoms with E-state index in [1.165, 1.54) is 5.56 Å². The SMILES string of the molecule is CC(C)(Cc1ccccc1)[C@@H](O)c1ccccc1. The van der Waals surface area contributed by atoms with Crippen LogP contribution in [0.1, 0.15) is 31.1 Å². The van der Waals surface area contributed by atoms with E-state index in [1.54, 1.807) is 0 Å². The Labute approximate surface area is 109 Å². The minimum absolute atomic E-state index is 0.178. The van der Waals surface area contributed by atoms with Crippen molar-refractivity contribution < 1.29 is 5.11 Å². The molecule has 2 rings (SSSR count). The van der Waals surface area contributed by atoms with Crippen LogP contribution in [0.5, 0.6) is 0 Å². The molecule has 0 aliphatic heterocycles. The van der Waals surface area contributed by atoms with E-state index in [-0.39, 0.29) is 5.41 Å². The molecule has 1 heteroatoms. The van der Waals surface area contributed by atoms with Crippen molar-refractivity contribution in [2.24, 2.45) is 5.41 Å². The van der Waals surface area contributed by atoms with Gasteiger partial charge in [0.05, 0.1) is 6.10 Å². The molecule has 0 saturated carbocycles. The van der Waals surface area contributed by atoms with Gasteiger partial charge in [-0.3, -0.25) is 0 Å². The summed E-state index contributed by atoms with van der Waals surface area (Å²) in [6, 6.07) is 20.2. The van der Waals surface area contributed by atoms with E-state index >= 15 is 0 Å². The highest BCUT2D eigenvalue weighted by Gasteiger charge is 2.29. The van der Waals surface area contributed by atoms with E-state index in [1.807, 2.05) is 48.5 Å². The molecule has 18 heavy (non-hydrogen) atoms. The summed E-state index contributed by atoms with van der Waals surface area (Å²) < 4.78 is 0. The van der Waals surface area contributed by atoms with E-state index in [9.17, 15) is 5.11 Å². The number of hydrogen-bond acceptors (Lipinski definition) is 1. The Balaban J connectivity index is 2.16. The summed E-state index contributed by atoms with van der Waals surface area (Å²) in [5.74, 6) is 0. The lowest BCUT2D eigenvalue weighted by atomic mass is 9.78. The first-order valence-corrected chi connectivity index (χ1v) is 6.36. The van der Waals surface area contributed by atoms with Crippen molar-refractivity contribution in [3.05, 3.63) is 71.8 Å². The van der Waals surface area contributed by atoms with E-state index < -0.39 is 6.10 Å². The van der Waals surface area contributed by atoms with Crippen molar-refractivity contribution in [3.63, 3.8) is 0 Å². The molecule has 0 aromatic heterocycles. The van der Waals surface area contributed by atoms with Gasteiger partial charge in [-0.2, -0.15) is 0 Å². The second-order valence-corrected chi connectivity index (χ2v) is 5.46. The normalized spacial score (nSPS) is 13.3. The third-order valence-electron chi connectivity index (χ3n) is 3.36. The molecule has 1 nitrogen and oxygen atoms in total. The molecular formula is C17H20O. The predicted molar refractivity (Wildman–Crippen MR) is 75.3 cm³/mol. The Morgan fingerprint density at radius 2 is 1.39 bits per heavy atom. The smallest absolute Gasteiger partial charge is 0.0844 e. The zero-order chi connectivity index (χ0) is 13.0. The molecule has 1 atom stereocenters. The summed E-state index contributed by atoms with van der Waals surface area (Å²) in [7, 11) is 0. The van der Waals surface area contributed by atoms with Gasteiger partial charge in [-0.25, -0.2) is 0 Å². The molecule has 0 aliphatic rings. The largest absolute Gasteiger partial charge is 0.388 e. The predicted octanol–water partition coefficient (Wildman–Crippen LogP) is 3.99. The molecule has 0 heterocycles. The fourth-order valence-electron chi connectivity index (χ4n) is 2.31. The van der Waals surface area contributed by atoms with Gasteiger partial charge < -0.3 is 5.11 Å². The number of aliphatic hydroxyl groups is 1.